The highest BCUT2D eigenvalue weighted by molar-refractivity contribution is 5.83. The van der Waals surface area contributed by atoms with Gasteiger partial charge in [-0.05, 0) is 19.4 Å². The molecule has 6 heteroatoms. The maximum atomic E-state index is 11.9. The van der Waals surface area contributed by atoms with Gasteiger partial charge in [0.15, 0.2) is 0 Å². The molecule has 1 aromatic rings. The van der Waals surface area contributed by atoms with E-state index in [1.165, 1.54) is 0 Å². The van der Waals surface area contributed by atoms with Crippen LogP contribution in [0.25, 0.3) is 0 Å². The van der Waals surface area contributed by atoms with Crippen molar-refractivity contribution in [1.29, 1.82) is 0 Å². The van der Waals surface area contributed by atoms with E-state index in [1.807, 2.05) is 13.0 Å². The van der Waals surface area contributed by atoms with Gasteiger partial charge in [0.1, 0.15) is 5.82 Å². The summed E-state index contributed by atoms with van der Waals surface area (Å²) in [5.41, 5.74) is -0.334. The molecule has 0 aromatic carbocycles. The number of nitrogens with one attached hydrogen (secondary N) is 2. The second kappa shape index (κ2) is 4.80. The summed E-state index contributed by atoms with van der Waals surface area (Å²) in [6.07, 6.45) is 2.56. The zero-order valence-electron chi connectivity index (χ0n) is 11.0. The topological polar surface area (TPSA) is 70.2 Å². The summed E-state index contributed by atoms with van der Waals surface area (Å²) in [6, 6.07) is 1.87. The zero-order valence-corrected chi connectivity index (χ0v) is 11.0. The molecule has 0 aliphatic carbocycles. The molecule has 1 unspecified atom stereocenters. The molecule has 1 amide bonds. The Hall–Kier alpha value is -1.85. The highest BCUT2D eigenvalue weighted by Gasteiger charge is 2.40. The second-order valence-electron chi connectivity index (χ2n) is 4.80. The van der Waals surface area contributed by atoms with Crippen LogP contribution in [-0.2, 0) is 4.79 Å². The Balaban J connectivity index is 2.15. The third-order valence-electron chi connectivity index (χ3n) is 3.44. The van der Waals surface area contributed by atoms with E-state index in [9.17, 15) is 4.79 Å². The van der Waals surface area contributed by atoms with Crippen molar-refractivity contribution < 1.29 is 4.79 Å². The van der Waals surface area contributed by atoms with Gasteiger partial charge in [0.25, 0.3) is 0 Å². The van der Waals surface area contributed by atoms with Crippen molar-refractivity contribution in [1.82, 2.24) is 15.3 Å². The van der Waals surface area contributed by atoms with Gasteiger partial charge in [0.2, 0.25) is 11.9 Å². The Morgan fingerprint density at radius 2 is 2.28 bits per heavy atom. The third kappa shape index (κ3) is 2.23. The molecule has 1 aromatic heterocycles. The highest BCUT2D eigenvalue weighted by atomic mass is 16.2. The van der Waals surface area contributed by atoms with Crippen LogP contribution < -0.4 is 15.5 Å². The van der Waals surface area contributed by atoms with Crippen LogP contribution in [-0.4, -0.2) is 43.1 Å². The first kappa shape index (κ1) is 12.6. The van der Waals surface area contributed by atoms with Crippen molar-refractivity contribution in [2.75, 3.05) is 37.4 Å². The zero-order chi connectivity index (χ0) is 13.2. The van der Waals surface area contributed by atoms with Crippen molar-refractivity contribution in [2.45, 2.75) is 13.3 Å². The van der Waals surface area contributed by atoms with Crippen molar-refractivity contribution in [2.24, 2.45) is 5.41 Å². The predicted octanol–water partition coefficient (Wildman–Crippen LogP) is 0.481. The summed E-state index contributed by atoms with van der Waals surface area (Å²) in [7, 11) is 3.47. The minimum atomic E-state index is -0.334. The van der Waals surface area contributed by atoms with Crippen LogP contribution in [0.15, 0.2) is 12.3 Å². The lowest BCUT2D eigenvalue weighted by Gasteiger charge is -2.23. The quantitative estimate of drug-likeness (QED) is 0.815. The molecular weight excluding hydrogens is 230 g/mol. The first-order valence-electron chi connectivity index (χ1n) is 6.07. The lowest BCUT2D eigenvalue weighted by molar-refractivity contribution is -0.128. The standard InChI is InChI=1S/C12H19N5O/c1-12(10(18)13-2)5-7-17(8-12)9-4-6-15-11(14-3)16-9/h4,6H,5,7-8H2,1-3H3,(H,13,18)(H,14,15,16). The van der Waals surface area contributed by atoms with Crippen molar-refractivity contribution in [3.8, 4) is 0 Å². The largest absolute Gasteiger partial charge is 0.359 e. The van der Waals surface area contributed by atoms with Crippen LogP contribution in [0.3, 0.4) is 0 Å². The number of anilines is 2. The van der Waals surface area contributed by atoms with E-state index >= 15 is 0 Å². The number of carbonyl (C=O) groups is 1. The minimum Gasteiger partial charge on any atom is -0.359 e. The average Bonchev–Trinajstić information content (AvgIpc) is 2.82. The summed E-state index contributed by atoms with van der Waals surface area (Å²) >= 11 is 0. The Bertz CT molecular complexity index is 450. The van der Waals surface area contributed by atoms with Crippen LogP contribution in [0.5, 0.6) is 0 Å². The average molecular weight is 249 g/mol. The molecule has 18 heavy (non-hydrogen) atoms. The lowest BCUT2D eigenvalue weighted by atomic mass is 9.89. The van der Waals surface area contributed by atoms with E-state index in [-0.39, 0.29) is 11.3 Å². The SMILES string of the molecule is CNC(=O)C1(C)CCN(c2ccnc(NC)n2)C1. The molecular formula is C12H19N5O. The molecule has 2 rings (SSSR count). The summed E-state index contributed by atoms with van der Waals surface area (Å²) in [5.74, 6) is 1.55. The van der Waals surface area contributed by atoms with E-state index in [0.717, 1.165) is 18.8 Å². The fraction of sp³-hybridized carbons (Fsp3) is 0.583. The Morgan fingerprint density at radius 3 is 2.94 bits per heavy atom. The van der Waals surface area contributed by atoms with Crippen LogP contribution >= 0.6 is 0 Å². The summed E-state index contributed by atoms with van der Waals surface area (Å²) in [5, 5.41) is 5.65. The van der Waals surface area contributed by atoms with Gasteiger partial charge in [-0.3, -0.25) is 4.79 Å². The van der Waals surface area contributed by atoms with Gasteiger partial charge in [-0.2, -0.15) is 4.98 Å². The van der Waals surface area contributed by atoms with Gasteiger partial charge in [-0.25, -0.2) is 4.98 Å². The van der Waals surface area contributed by atoms with E-state index in [1.54, 1.807) is 20.3 Å². The maximum Gasteiger partial charge on any atom is 0.227 e. The number of hydrogen-bond acceptors (Lipinski definition) is 5. The molecule has 0 saturated carbocycles. The van der Waals surface area contributed by atoms with E-state index in [4.69, 9.17) is 0 Å². The number of carbonyl (C=O) groups excluding carboxylic acids is 1. The molecule has 98 valence electrons. The van der Waals surface area contributed by atoms with Gasteiger partial charge in [-0.15, -0.1) is 0 Å². The molecule has 1 fully saturated rings. The number of rotatable bonds is 3. The first-order chi connectivity index (χ1) is 8.59. The van der Waals surface area contributed by atoms with Gasteiger partial charge in [-0.1, -0.05) is 0 Å². The Morgan fingerprint density at radius 1 is 1.50 bits per heavy atom. The highest BCUT2D eigenvalue weighted by Crippen LogP contribution is 2.32. The Labute approximate surface area is 107 Å². The van der Waals surface area contributed by atoms with E-state index in [2.05, 4.69) is 25.5 Å². The molecule has 0 spiro atoms. The number of hydrogen-bond donors (Lipinski definition) is 2. The third-order valence-corrected chi connectivity index (χ3v) is 3.44. The molecule has 1 saturated heterocycles. The molecule has 0 bridgehead atoms. The summed E-state index contributed by atoms with van der Waals surface area (Å²) < 4.78 is 0. The number of nitrogens with zero attached hydrogens (tertiary/aromatic N) is 3. The smallest absolute Gasteiger partial charge is 0.227 e. The van der Waals surface area contributed by atoms with Gasteiger partial charge < -0.3 is 15.5 Å². The first-order valence-corrected chi connectivity index (χ1v) is 6.07. The van der Waals surface area contributed by atoms with Gasteiger partial charge in [0.05, 0.1) is 5.41 Å². The van der Waals surface area contributed by atoms with Gasteiger partial charge in [0, 0.05) is 33.4 Å². The minimum absolute atomic E-state index is 0.0906. The number of amides is 1. The molecule has 2 N–H and O–H groups in total. The van der Waals surface area contributed by atoms with Crippen molar-refractivity contribution >= 4 is 17.7 Å². The molecule has 2 heterocycles. The molecule has 1 aliphatic heterocycles. The van der Waals surface area contributed by atoms with Crippen molar-refractivity contribution in [3.05, 3.63) is 12.3 Å². The van der Waals surface area contributed by atoms with Crippen LogP contribution in [0.1, 0.15) is 13.3 Å². The molecule has 1 atom stereocenters. The monoisotopic (exact) mass is 249 g/mol. The Kier molecular flexibility index (Phi) is 3.36. The van der Waals surface area contributed by atoms with Crippen LogP contribution in [0, 0.1) is 5.41 Å². The summed E-state index contributed by atoms with van der Waals surface area (Å²) in [6.45, 7) is 3.52. The normalized spacial score (nSPS) is 22.9. The molecule has 6 nitrogen and oxygen atoms in total. The lowest BCUT2D eigenvalue weighted by Crippen LogP contribution is -2.39. The number of aromatic nitrogens is 2. The predicted molar refractivity (Wildman–Crippen MR) is 70.6 cm³/mol. The summed E-state index contributed by atoms with van der Waals surface area (Å²) in [4.78, 5) is 22.5. The fourth-order valence-corrected chi connectivity index (χ4v) is 2.29. The maximum absolute atomic E-state index is 11.9. The van der Waals surface area contributed by atoms with E-state index < -0.39 is 0 Å². The van der Waals surface area contributed by atoms with Crippen molar-refractivity contribution in [3.63, 3.8) is 0 Å². The van der Waals surface area contributed by atoms with E-state index in [0.29, 0.717) is 12.5 Å². The van der Waals surface area contributed by atoms with Crippen LogP contribution in [0.4, 0.5) is 11.8 Å². The fourth-order valence-electron chi connectivity index (χ4n) is 2.29. The van der Waals surface area contributed by atoms with Gasteiger partial charge >= 0.3 is 0 Å². The molecule has 1 aliphatic rings. The molecule has 0 radical (unpaired) electrons. The van der Waals surface area contributed by atoms with Crippen LogP contribution in [0.2, 0.25) is 0 Å². The second-order valence-corrected chi connectivity index (χ2v) is 4.80.